The van der Waals surface area contributed by atoms with Gasteiger partial charge in [-0.1, -0.05) is 151 Å². The van der Waals surface area contributed by atoms with E-state index in [-0.39, 0.29) is 76.1 Å². The number of benzene rings is 6. The van der Waals surface area contributed by atoms with Crippen LogP contribution in [0.3, 0.4) is 0 Å². The first-order valence-electron chi connectivity index (χ1n) is 25.3. The number of aliphatic hydroxyl groups is 2. The summed E-state index contributed by atoms with van der Waals surface area (Å²) in [6.07, 6.45) is -0.278. The average Bonchev–Trinajstić information content (AvgIpc) is 4.04. The van der Waals surface area contributed by atoms with E-state index in [0.29, 0.717) is 51.7 Å². The number of aromatic nitrogens is 6. The summed E-state index contributed by atoms with van der Waals surface area (Å²) >= 11 is 0. The van der Waals surface area contributed by atoms with Gasteiger partial charge in [-0.3, -0.25) is 9.41 Å². The summed E-state index contributed by atoms with van der Waals surface area (Å²) in [6.45, 7) is 39.9. The zero-order valence-corrected chi connectivity index (χ0v) is 50.5. The Kier molecular flexibility index (Phi) is 22.9. The molecule has 8 rings (SSSR count). The average molecular weight is 1380 g/mol. The first kappa shape index (κ1) is 62.3. The van der Waals surface area contributed by atoms with Crippen molar-refractivity contribution in [2.75, 3.05) is 0 Å². The molecule has 2 N–H and O–H groups in total. The standard InChI is InChI=1S/C29H27N5.C29H26N5.C5H12O2.2Ir/c2*1-18(2)24-12-9-13-25(19(3)4)27(24)34-28(22-14-21(17-30)15-23(16-22)31-6)32-33-29(34)26-11-8-7-10-20(26)5;1-4(6)3-5(2)7;;/h7-16,18-19H,1-5H3;7-13,15-16,18-19H,1-5H3;4-7H,3H2,1-2H3;;/q;-1;;;. The number of aryl methyl sites for hydroxylation is 2. The number of nitrogens with zero attached hydrogens (tertiary/aromatic N) is 10. The number of hydrogen-bond acceptors (Lipinski definition) is 8. The SMILES string of the molecule is CC(O)CC(C)O.[C-]#[N+]c1cc(C#N)[c-]c(-c2nnc(-c3ccccc3C)n2-c2c(C(C)C)cccc2C(C)C)c1.[C-]#[N+]c1cc(C#N)cc(-c2nnc(-c3ccccc3C)n2-c2c(C(C)C)cccc2C(C)C)c1.[Ir].[Ir]. The van der Waals surface area contributed by atoms with Gasteiger partial charge in [0.25, 0.3) is 0 Å². The Bertz CT molecular complexity index is 3140. The molecule has 0 saturated carbocycles. The maximum absolute atomic E-state index is 9.57. The van der Waals surface area contributed by atoms with E-state index in [1.807, 2.05) is 30.3 Å². The topological polar surface area (TPSA) is 158 Å². The molecule has 2 heterocycles. The molecule has 0 aliphatic heterocycles. The van der Waals surface area contributed by atoms with Crippen LogP contribution in [0.5, 0.6) is 0 Å². The van der Waals surface area contributed by atoms with Gasteiger partial charge in [0.05, 0.1) is 37.1 Å². The van der Waals surface area contributed by atoms with Gasteiger partial charge in [0.1, 0.15) is 11.5 Å². The van der Waals surface area contributed by atoms with Crippen molar-refractivity contribution in [2.45, 2.75) is 125 Å². The minimum absolute atomic E-state index is 0. The summed E-state index contributed by atoms with van der Waals surface area (Å²) < 4.78 is 4.21. The molecule has 398 valence electrons. The minimum Gasteiger partial charge on any atom is -0.393 e. The van der Waals surface area contributed by atoms with E-state index in [1.165, 1.54) is 22.3 Å². The van der Waals surface area contributed by atoms with Gasteiger partial charge in [0.2, 0.25) is 0 Å². The van der Waals surface area contributed by atoms with Crippen LogP contribution in [0.1, 0.15) is 144 Å². The van der Waals surface area contributed by atoms with Crippen LogP contribution >= 0.6 is 0 Å². The van der Waals surface area contributed by atoms with Gasteiger partial charge in [-0.15, -0.1) is 33.5 Å². The third-order valence-electron chi connectivity index (χ3n) is 12.7. The normalized spacial score (nSPS) is 11.4. The van der Waals surface area contributed by atoms with Gasteiger partial charge >= 0.3 is 0 Å². The quantitative estimate of drug-likeness (QED) is 0.114. The van der Waals surface area contributed by atoms with Gasteiger partial charge in [0.15, 0.2) is 23.2 Å². The van der Waals surface area contributed by atoms with Gasteiger partial charge in [-0.2, -0.15) is 10.4 Å². The summed E-state index contributed by atoms with van der Waals surface area (Å²) in [7, 11) is 0. The molecule has 0 aliphatic rings. The number of hydrogen-bond donors (Lipinski definition) is 2. The molecular formula is C63H65Ir2N10O2-. The summed E-state index contributed by atoms with van der Waals surface area (Å²) in [6, 6.07) is 45.0. The summed E-state index contributed by atoms with van der Waals surface area (Å²) in [5.74, 6) is 3.74. The maximum atomic E-state index is 9.57. The molecule has 0 saturated heterocycles. The predicted octanol–water partition coefficient (Wildman–Crippen LogP) is 15.1. The molecule has 2 atom stereocenters. The Balaban J connectivity index is 0.000000289. The zero-order chi connectivity index (χ0) is 54.7. The van der Waals surface area contributed by atoms with Crippen LogP contribution < -0.4 is 0 Å². The second kappa shape index (κ2) is 28.2. The monoisotopic (exact) mass is 1380 g/mol. The van der Waals surface area contributed by atoms with E-state index in [0.717, 1.165) is 45.3 Å². The third-order valence-corrected chi connectivity index (χ3v) is 12.7. The van der Waals surface area contributed by atoms with Crippen molar-refractivity contribution < 1.29 is 50.4 Å². The molecule has 14 heteroatoms. The Morgan fingerprint density at radius 2 is 0.922 bits per heavy atom. The Labute approximate surface area is 481 Å². The van der Waals surface area contributed by atoms with Crippen LogP contribution in [-0.2, 0) is 40.2 Å². The molecular weight excluding hydrogens is 1310 g/mol. The van der Waals surface area contributed by atoms with Gasteiger partial charge in [-0.05, 0) is 115 Å². The van der Waals surface area contributed by atoms with Crippen LogP contribution in [0, 0.1) is 55.7 Å². The summed E-state index contributed by atoms with van der Waals surface area (Å²) in [5.41, 5.74) is 13.8. The molecule has 6 aromatic carbocycles. The Hall–Kier alpha value is -7.22. The molecule has 77 heavy (non-hydrogen) atoms. The smallest absolute Gasteiger partial charge is 0.189 e. The van der Waals surface area contributed by atoms with E-state index >= 15 is 0 Å². The zero-order valence-electron chi connectivity index (χ0n) is 45.7. The van der Waals surface area contributed by atoms with E-state index in [2.05, 4.69) is 181 Å². The molecule has 8 aromatic rings. The van der Waals surface area contributed by atoms with Crippen molar-refractivity contribution in [2.24, 2.45) is 0 Å². The molecule has 0 aliphatic carbocycles. The molecule has 2 radical (unpaired) electrons. The molecule has 0 spiro atoms. The van der Waals surface area contributed by atoms with Crippen LogP contribution in [0.25, 0.3) is 66.6 Å². The van der Waals surface area contributed by atoms with Crippen LogP contribution in [0.15, 0.2) is 115 Å². The maximum Gasteiger partial charge on any atom is 0.189 e. The molecule has 12 nitrogen and oxygen atoms in total. The second-order valence-corrected chi connectivity index (χ2v) is 20.0. The van der Waals surface area contributed by atoms with Crippen LogP contribution in [0.2, 0.25) is 0 Å². The van der Waals surface area contributed by atoms with Crippen LogP contribution in [-0.4, -0.2) is 51.9 Å². The molecule has 0 bridgehead atoms. The summed E-state index contributed by atoms with van der Waals surface area (Å²) in [4.78, 5) is 7.14. The van der Waals surface area contributed by atoms with Crippen molar-refractivity contribution in [3.63, 3.8) is 0 Å². The number of nitriles is 2. The number of para-hydroxylation sites is 2. The fourth-order valence-corrected chi connectivity index (χ4v) is 9.05. The van der Waals surface area contributed by atoms with Crippen LogP contribution in [0.4, 0.5) is 11.4 Å². The Morgan fingerprint density at radius 3 is 1.30 bits per heavy atom. The van der Waals surface area contributed by atoms with E-state index < -0.39 is 0 Å². The Morgan fingerprint density at radius 1 is 0.519 bits per heavy atom. The van der Waals surface area contributed by atoms with Crippen molar-refractivity contribution in [1.29, 1.82) is 10.5 Å². The largest absolute Gasteiger partial charge is 0.393 e. The molecule has 0 fully saturated rings. The van der Waals surface area contributed by atoms with Crippen molar-refractivity contribution >= 4 is 11.4 Å². The molecule has 2 aromatic heterocycles. The van der Waals surface area contributed by atoms with Gasteiger partial charge < -0.3 is 14.8 Å². The second-order valence-electron chi connectivity index (χ2n) is 20.0. The molecule has 2 unspecified atom stereocenters. The van der Waals surface area contributed by atoms with E-state index in [4.69, 9.17) is 23.4 Å². The fourth-order valence-electron chi connectivity index (χ4n) is 9.05. The van der Waals surface area contributed by atoms with Crippen molar-refractivity contribution in [3.05, 3.63) is 189 Å². The van der Waals surface area contributed by atoms with Gasteiger partial charge in [-0.25, -0.2) is 10.1 Å². The van der Waals surface area contributed by atoms with Crippen molar-refractivity contribution in [3.8, 4) is 69.1 Å². The van der Waals surface area contributed by atoms with E-state index in [1.54, 1.807) is 44.2 Å². The molecule has 0 amide bonds. The van der Waals surface area contributed by atoms with Gasteiger partial charge in [0, 0.05) is 68.2 Å². The predicted molar refractivity (Wildman–Crippen MR) is 299 cm³/mol. The van der Waals surface area contributed by atoms with Crippen molar-refractivity contribution in [1.82, 2.24) is 29.5 Å². The first-order chi connectivity index (χ1) is 35.8. The fraction of sp³-hybridized carbons (Fsp3) is 0.302. The minimum atomic E-state index is -0.375. The number of aliphatic hydroxyl groups excluding tert-OH is 2. The number of rotatable bonds is 12. The summed E-state index contributed by atoms with van der Waals surface area (Å²) in [5, 5.41) is 54.8. The van der Waals surface area contributed by atoms with E-state index in [9.17, 15) is 10.5 Å². The third kappa shape index (κ3) is 14.6. The first-order valence-corrected chi connectivity index (χ1v) is 25.3.